The Kier molecular flexibility index (Phi) is 3.03. The summed E-state index contributed by atoms with van der Waals surface area (Å²) in [5, 5.41) is 0. The monoisotopic (exact) mass is 249 g/mol. The molecule has 1 fully saturated rings. The molecule has 1 saturated heterocycles. The quantitative estimate of drug-likeness (QED) is 0.809. The van der Waals surface area contributed by atoms with Crippen molar-refractivity contribution in [2.24, 2.45) is 0 Å². The van der Waals surface area contributed by atoms with Crippen molar-refractivity contribution in [1.29, 1.82) is 0 Å². The molecular weight excluding hydrogens is 239 g/mol. The summed E-state index contributed by atoms with van der Waals surface area (Å²) in [6.45, 7) is 1.25. The maximum atomic E-state index is 12.4. The summed E-state index contributed by atoms with van der Waals surface area (Å²) in [6, 6.07) is 4.91. The first-order chi connectivity index (χ1) is 7.45. The van der Waals surface area contributed by atoms with Crippen molar-refractivity contribution in [3.8, 4) is 5.75 Å². The molecule has 2 nitrogen and oxygen atoms in total. The van der Waals surface area contributed by atoms with E-state index in [1.165, 1.54) is 12.1 Å². The van der Waals surface area contributed by atoms with Gasteiger partial charge in [0.2, 0.25) is 0 Å². The normalized spacial score (nSPS) is 18.2. The van der Waals surface area contributed by atoms with Gasteiger partial charge in [0.1, 0.15) is 11.9 Å². The molecule has 6 heteroatoms. The van der Waals surface area contributed by atoms with E-state index in [4.69, 9.17) is 4.74 Å². The molecule has 1 aromatic rings. The van der Waals surface area contributed by atoms with Crippen LogP contribution in [0.15, 0.2) is 24.3 Å². The summed E-state index contributed by atoms with van der Waals surface area (Å²) >= 11 is 4.05. The highest BCUT2D eigenvalue weighted by Crippen LogP contribution is 2.31. The van der Waals surface area contributed by atoms with Gasteiger partial charge in [-0.05, 0) is 18.2 Å². The predicted octanol–water partition coefficient (Wildman–Crippen LogP) is 2.61. The van der Waals surface area contributed by atoms with Gasteiger partial charge in [-0.25, -0.2) is 4.31 Å². The van der Waals surface area contributed by atoms with Crippen molar-refractivity contribution < 1.29 is 17.9 Å². The molecule has 2 rings (SSSR count). The van der Waals surface area contributed by atoms with E-state index in [0.29, 0.717) is 13.1 Å². The van der Waals surface area contributed by atoms with E-state index in [2.05, 4.69) is 12.8 Å². The minimum atomic E-state index is -4.32. The second-order valence-corrected chi connectivity index (χ2v) is 4.20. The maximum Gasteiger partial charge on any atom is 0.416 e. The summed E-state index contributed by atoms with van der Waals surface area (Å²) in [4.78, 5) is 0. The van der Waals surface area contributed by atoms with Gasteiger partial charge in [-0.2, -0.15) is 13.2 Å². The molecular formula is C10H10F3NOS. The van der Waals surface area contributed by atoms with E-state index < -0.39 is 11.7 Å². The Morgan fingerprint density at radius 1 is 1.31 bits per heavy atom. The van der Waals surface area contributed by atoms with Crippen molar-refractivity contribution in [3.05, 3.63) is 29.8 Å². The number of alkyl halides is 3. The zero-order valence-electron chi connectivity index (χ0n) is 8.24. The molecule has 0 radical (unpaired) electrons. The third-order valence-corrected chi connectivity index (χ3v) is 2.62. The lowest BCUT2D eigenvalue weighted by molar-refractivity contribution is -0.137. The zero-order chi connectivity index (χ0) is 11.8. The minimum Gasteiger partial charge on any atom is -0.488 e. The number of thiol groups is 1. The van der Waals surface area contributed by atoms with Crippen LogP contribution >= 0.6 is 12.8 Å². The van der Waals surface area contributed by atoms with Crippen molar-refractivity contribution in [2.75, 3.05) is 13.1 Å². The Morgan fingerprint density at radius 3 is 2.56 bits per heavy atom. The minimum absolute atomic E-state index is 0.0685. The zero-order valence-corrected chi connectivity index (χ0v) is 9.13. The number of benzene rings is 1. The maximum absolute atomic E-state index is 12.4. The molecule has 0 N–H and O–H groups in total. The number of halogens is 3. The van der Waals surface area contributed by atoms with E-state index in [-0.39, 0.29) is 11.9 Å². The van der Waals surface area contributed by atoms with Crippen LogP contribution in [0.1, 0.15) is 5.56 Å². The van der Waals surface area contributed by atoms with Crippen LogP contribution in [0, 0.1) is 0 Å². The highest BCUT2D eigenvalue weighted by molar-refractivity contribution is 7.77. The molecule has 0 aliphatic carbocycles. The van der Waals surface area contributed by atoms with Gasteiger partial charge in [-0.3, -0.25) is 0 Å². The molecule has 88 valence electrons. The molecule has 1 heterocycles. The summed E-state index contributed by atoms with van der Waals surface area (Å²) in [5.41, 5.74) is -0.688. The van der Waals surface area contributed by atoms with Crippen molar-refractivity contribution in [2.45, 2.75) is 12.3 Å². The first-order valence-corrected chi connectivity index (χ1v) is 5.13. The standard InChI is InChI=1S/C10H10F3NOS/c11-10(12,13)7-2-1-3-8(4-7)15-9-5-14(16)6-9/h1-4,9,16H,5-6H2. The Morgan fingerprint density at radius 2 is 2.00 bits per heavy atom. The Labute approximate surface area is 96.5 Å². The lowest BCUT2D eigenvalue weighted by atomic mass is 10.2. The lowest BCUT2D eigenvalue weighted by Crippen LogP contribution is -2.48. The topological polar surface area (TPSA) is 12.5 Å². The molecule has 1 aliphatic rings. The number of nitrogens with zero attached hydrogens (tertiary/aromatic N) is 1. The van der Waals surface area contributed by atoms with E-state index in [9.17, 15) is 13.2 Å². The molecule has 16 heavy (non-hydrogen) atoms. The average molecular weight is 249 g/mol. The molecule has 0 aromatic heterocycles. The second-order valence-electron chi connectivity index (χ2n) is 3.64. The van der Waals surface area contributed by atoms with Crippen molar-refractivity contribution >= 4 is 12.8 Å². The largest absolute Gasteiger partial charge is 0.488 e. The fourth-order valence-corrected chi connectivity index (χ4v) is 1.79. The number of rotatable bonds is 2. The van der Waals surface area contributed by atoms with Gasteiger partial charge in [0.05, 0.1) is 5.56 Å². The third-order valence-electron chi connectivity index (χ3n) is 2.29. The summed E-state index contributed by atoms with van der Waals surface area (Å²) in [7, 11) is 0. The van der Waals surface area contributed by atoms with E-state index >= 15 is 0 Å². The van der Waals surface area contributed by atoms with Gasteiger partial charge in [0, 0.05) is 13.1 Å². The van der Waals surface area contributed by atoms with Crippen molar-refractivity contribution in [3.63, 3.8) is 0 Å². The molecule has 0 bridgehead atoms. The molecule has 0 unspecified atom stereocenters. The highest BCUT2D eigenvalue weighted by Gasteiger charge is 2.31. The van der Waals surface area contributed by atoms with Gasteiger partial charge in [0.15, 0.2) is 0 Å². The highest BCUT2D eigenvalue weighted by atomic mass is 32.1. The smallest absolute Gasteiger partial charge is 0.416 e. The predicted molar refractivity (Wildman–Crippen MR) is 56.4 cm³/mol. The van der Waals surface area contributed by atoms with Gasteiger partial charge in [0.25, 0.3) is 0 Å². The first-order valence-electron chi connectivity index (χ1n) is 4.73. The van der Waals surface area contributed by atoms with E-state index in [0.717, 1.165) is 12.1 Å². The van der Waals surface area contributed by atoms with Crippen LogP contribution in [0.3, 0.4) is 0 Å². The SMILES string of the molecule is FC(F)(F)c1cccc(OC2CN(S)C2)c1. The Bertz CT molecular complexity index is 377. The number of hydrogen-bond donors (Lipinski definition) is 1. The van der Waals surface area contributed by atoms with Crippen LogP contribution in [0.5, 0.6) is 5.75 Å². The van der Waals surface area contributed by atoms with Crippen LogP contribution in [0.4, 0.5) is 13.2 Å². The van der Waals surface area contributed by atoms with Crippen LogP contribution in [0.25, 0.3) is 0 Å². The molecule has 0 saturated carbocycles. The van der Waals surface area contributed by atoms with E-state index in [1.54, 1.807) is 4.31 Å². The van der Waals surface area contributed by atoms with Crippen molar-refractivity contribution in [1.82, 2.24) is 4.31 Å². The average Bonchev–Trinajstić information content (AvgIpc) is 2.14. The molecule has 1 aromatic carbocycles. The van der Waals surface area contributed by atoms with Gasteiger partial charge >= 0.3 is 6.18 Å². The summed E-state index contributed by atoms with van der Waals surface area (Å²) in [5.74, 6) is 0.251. The molecule has 0 spiro atoms. The first kappa shape index (κ1) is 11.6. The Hall–Kier alpha value is -0.880. The fourth-order valence-electron chi connectivity index (χ4n) is 1.43. The van der Waals surface area contributed by atoms with Crippen LogP contribution < -0.4 is 4.74 Å². The number of hydrogen-bond acceptors (Lipinski definition) is 3. The van der Waals surface area contributed by atoms with Crippen LogP contribution in [-0.4, -0.2) is 23.5 Å². The molecule has 0 amide bonds. The van der Waals surface area contributed by atoms with Crippen LogP contribution in [-0.2, 0) is 6.18 Å². The fraction of sp³-hybridized carbons (Fsp3) is 0.400. The van der Waals surface area contributed by atoms with Gasteiger partial charge in [-0.1, -0.05) is 18.9 Å². The molecule has 0 atom stereocenters. The third kappa shape index (κ3) is 2.62. The van der Waals surface area contributed by atoms with Gasteiger partial charge in [-0.15, -0.1) is 0 Å². The summed E-state index contributed by atoms with van der Waals surface area (Å²) in [6.07, 6.45) is -4.39. The van der Waals surface area contributed by atoms with Gasteiger partial charge < -0.3 is 4.74 Å². The summed E-state index contributed by atoms with van der Waals surface area (Å²) < 4.78 is 44.3. The van der Waals surface area contributed by atoms with E-state index in [1.807, 2.05) is 0 Å². The number of ether oxygens (including phenoxy) is 1. The second kappa shape index (κ2) is 4.18. The lowest BCUT2D eigenvalue weighted by Gasteiger charge is -2.34. The Balaban J connectivity index is 2.05. The molecule has 1 aliphatic heterocycles. The van der Waals surface area contributed by atoms with Crippen LogP contribution in [0.2, 0.25) is 0 Å².